The largest absolute Gasteiger partial charge is 0.487 e. The van der Waals surface area contributed by atoms with Gasteiger partial charge in [0.1, 0.15) is 17.1 Å². The molecule has 1 amide bonds. The Kier molecular flexibility index (Phi) is 4.99. The summed E-state index contributed by atoms with van der Waals surface area (Å²) in [5.74, 6) is 1.39. The minimum Gasteiger partial charge on any atom is -0.487 e. The van der Waals surface area contributed by atoms with Gasteiger partial charge in [0.25, 0.3) is 5.91 Å². The Morgan fingerprint density at radius 2 is 1.96 bits per heavy atom. The molecule has 4 nitrogen and oxygen atoms in total. The minimum absolute atomic E-state index is 0.000541. The number of amides is 1. The number of hydrogen-bond acceptors (Lipinski definition) is 3. The molecular formula is C19H20INO3. The molecule has 5 heteroatoms. The summed E-state index contributed by atoms with van der Waals surface area (Å²) < 4.78 is 12.7. The van der Waals surface area contributed by atoms with Crippen molar-refractivity contribution >= 4 is 28.5 Å². The fraction of sp³-hybridized carbons (Fsp3) is 0.316. The van der Waals surface area contributed by atoms with Crippen molar-refractivity contribution in [3.63, 3.8) is 0 Å². The Hall–Kier alpha value is -1.76. The number of halogens is 1. The SMILES string of the molecule is CC1(C)C[C@@H](NC(=O)COc2ccc(I)cc2)c2ccccc2O1. The van der Waals surface area contributed by atoms with Crippen LogP contribution in [-0.4, -0.2) is 18.1 Å². The molecule has 0 fully saturated rings. The van der Waals surface area contributed by atoms with Gasteiger partial charge in [-0.25, -0.2) is 0 Å². The Morgan fingerprint density at radius 1 is 1.25 bits per heavy atom. The first-order valence-electron chi connectivity index (χ1n) is 7.89. The van der Waals surface area contributed by atoms with E-state index in [1.165, 1.54) is 0 Å². The number of hydrogen-bond donors (Lipinski definition) is 1. The van der Waals surface area contributed by atoms with E-state index >= 15 is 0 Å². The molecule has 0 aliphatic carbocycles. The van der Waals surface area contributed by atoms with Crippen LogP contribution in [-0.2, 0) is 4.79 Å². The maximum atomic E-state index is 12.3. The highest BCUT2D eigenvalue weighted by Gasteiger charge is 2.34. The van der Waals surface area contributed by atoms with Crippen LogP contribution in [0.4, 0.5) is 0 Å². The van der Waals surface area contributed by atoms with E-state index in [0.717, 1.165) is 21.3 Å². The lowest BCUT2D eigenvalue weighted by atomic mass is 9.90. The van der Waals surface area contributed by atoms with Gasteiger partial charge in [0.15, 0.2) is 6.61 Å². The molecule has 126 valence electrons. The zero-order valence-electron chi connectivity index (χ0n) is 13.7. The Balaban J connectivity index is 1.64. The van der Waals surface area contributed by atoms with Crippen LogP contribution >= 0.6 is 22.6 Å². The zero-order chi connectivity index (χ0) is 17.2. The topological polar surface area (TPSA) is 47.6 Å². The number of rotatable bonds is 4. The van der Waals surface area contributed by atoms with Crippen LogP contribution in [0, 0.1) is 3.57 Å². The predicted octanol–water partition coefficient (Wildman–Crippen LogP) is 4.09. The molecule has 2 aromatic carbocycles. The van der Waals surface area contributed by atoms with Crippen molar-refractivity contribution in [2.75, 3.05) is 6.61 Å². The first-order chi connectivity index (χ1) is 11.4. The standard InChI is InChI=1S/C19H20INO3/c1-19(2)11-16(15-5-3-4-6-17(15)24-19)21-18(22)12-23-14-9-7-13(20)8-10-14/h3-10,16H,11-12H2,1-2H3,(H,21,22)/t16-/m1/s1. The summed E-state index contributed by atoms with van der Waals surface area (Å²) in [5.41, 5.74) is 0.697. The van der Waals surface area contributed by atoms with E-state index in [9.17, 15) is 4.79 Å². The van der Waals surface area contributed by atoms with Crippen molar-refractivity contribution in [3.8, 4) is 11.5 Å². The number of ether oxygens (including phenoxy) is 2. The van der Waals surface area contributed by atoms with Crippen LogP contribution in [0.15, 0.2) is 48.5 Å². The molecule has 0 saturated carbocycles. The quantitative estimate of drug-likeness (QED) is 0.734. The summed E-state index contributed by atoms with van der Waals surface area (Å²) in [6.07, 6.45) is 0.722. The van der Waals surface area contributed by atoms with E-state index in [0.29, 0.717) is 5.75 Å². The average Bonchev–Trinajstić information content (AvgIpc) is 2.53. The summed E-state index contributed by atoms with van der Waals surface area (Å²) in [7, 11) is 0. The average molecular weight is 437 g/mol. The van der Waals surface area contributed by atoms with Gasteiger partial charge in [0, 0.05) is 15.6 Å². The number of benzene rings is 2. The Morgan fingerprint density at radius 3 is 2.71 bits per heavy atom. The van der Waals surface area contributed by atoms with Gasteiger partial charge >= 0.3 is 0 Å². The maximum absolute atomic E-state index is 12.3. The Bertz CT molecular complexity index is 728. The summed E-state index contributed by atoms with van der Waals surface area (Å²) in [6.45, 7) is 4.06. The number of carbonyl (C=O) groups excluding carboxylic acids is 1. The van der Waals surface area contributed by atoms with Crippen molar-refractivity contribution in [1.82, 2.24) is 5.32 Å². The van der Waals surface area contributed by atoms with E-state index in [-0.39, 0.29) is 24.2 Å². The molecule has 24 heavy (non-hydrogen) atoms. The van der Waals surface area contributed by atoms with Crippen molar-refractivity contribution < 1.29 is 14.3 Å². The van der Waals surface area contributed by atoms with E-state index in [4.69, 9.17) is 9.47 Å². The molecule has 0 radical (unpaired) electrons. The lowest BCUT2D eigenvalue weighted by molar-refractivity contribution is -0.124. The second-order valence-corrected chi connectivity index (χ2v) is 7.71. The van der Waals surface area contributed by atoms with Gasteiger partial charge in [-0.05, 0) is 66.8 Å². The van der Waals surface area contributed by atoms with Crippen LogP contribution in [0.2, 0.25) is 0 Å². The zero-order valence-corrected chi connectivity index (χ0v) is 15.9. The minimum atomic E-state index is -0.316. The third-order valence-corrected chi connectivity index (χ3v) is 4.61. The van der Waals surface area contributed by atoms with Crippen LogP contribution in [0.3, 0.4) is 0 Å². The van der Waals surface area contributed by atoms with Gasteiger partial charge in [-0.1, -0.05) is 18.2 Å². The summed E-state index contributed by atoms with van der Waals surface area (Å²) in [5, 5.41) is 3.07. The fourth-order valence-electron chi connectivity index (χ4n) is 2.85. The summed E-state index contributed by atoms with van der Waals surface area (Å²) >= 11 is 2.23. The number of fused-ring (bicyclic) bond motifs is 1. The first-order valence-corrected chi connectivity index (χ1v) is 8.96. The second kappa shape index (κ2) is 7.01. The number of carbonyl (C=O) groups is 1. The number of para-hydroxylation sites is 1. The molecule has 1 heterocycles. The maximum Gasteiger partial charge on any atom is 0.258 e. The highest BCUT2D eigenvalue weighted by molar-refractivity contribution is 14.1. The van der Waals surface area contributed by atoms with Crippen molar-refractivity contribution in [2.24, 2.45) is 0 Å². The fourth-order valence-corrected chi connectivity index (χ4v) is 3.21. The number of nitrogens with one attached hydrogen (secondary N) is 1. The van der Waals surface area contributed by atoms with Gasteiger partial charge in [-0.15, -0.1) is 0 Å². The van der Waals surface area contributed by atoms with E-state index in [1.807, 2.05) is 62.4 Å². The van der Waals surface area contributed by atoms with Gasteiger partial charge in [-0.2, -0.15) is 0 Å². The summed E-state index contributed by atoms with van der Waals surface area (Å²) in [6, 6.07) is 15.4. The van der Waals surface area contributed by atoms with E-state index in [2.05, 4.69) is 27.9 Å². The van der Waals surface area contributed by atoms with Crippen molar-refractivity contribution in [2.45, 2.75) is 31.9 Å². The normalized spacial score (nSPS) is 18.2. The lowest BCUT2D eigenvalue weighted by Crippen LogP contribution is -2.42. The monoisotopic (exact) mass is 437 g/mol. The first kappa shape index (κ1) is 17.1. The van der Waals surface area contributed by atoms with E-state index < -0.39 is 0 Å². The van der Waals surface area contributed by atoms with Crippen molar-refractivity contribution in [1.29, 1.82) is 0 Å². The molecule has 2 aromatic rings. The molecule has 1 aliphatic heterocycles. The van der Waals surface area contributed by atoms with Gasteiger partial charge in [0.05, 0.1) is 6.04 Å². The highest BCUT2D eigenvalue weighted by Crippen LogP contribution is 2.39. The smallest absolute Gasteiger partial charge is 0.258 e. The van der Waals surface area contributed by atoms with E-state index in [1.54, 1.807) is 0 Å². The predicted molar refractivity (Wildman–Crippen MR) is 101 cm³/mol. The lowest BCUT2D eigenvalue weighted by Gasteiger charge is -2.37. The van der Waals surface area contributed by atoms with Gasteiger partial charge < -0.3 is 14.8 Å². The molecule has 1 aliphatic rings. The molecular weight excluding hydrogens is 417 g/mol. The molecule has 1 N–H and O–H groups in total. The molecule has 3 rings (SSSR count). The van der Waals surface area contributed by atoms with Gasteiger partial charge in [-0.3, -0.25) is 4.79 Å². The van der Waals surface area contributed by atoms with Crippen LogP contribution in [0.25, 0.3) is 0 Å². The molecule has 0 bridgehead atoms. The molecule has 0 spiro atoms. The Labute approximate surface area is 155 Å². The third-order valence-electron chi connectivity index (χ3n) is 3.90. The molecule has 0 aromatic heterocycles. The van der Waals surface area contributed by atoms with Crippen LogP contribution in [0.5, 0.6) is 11.5 Å². The summed E-state index contributed by atoms with van der Waals surface area (Å²) in [4.78, 5) is 12.3. The molecule has 1 atom stereocenters. The molecule has 0 saturated heterocycles. The second-order valence-electron chi connectivity index (χ2n) is 6.47. The van der Waals surface area contributed by atoms with Crippen LogP contribution < -0.4 is 14.8 Å². The van der Waals surface area contributed by atoms with Gasteiger partial charge in [0.2, 0.25) is 0 Å². The molecule has 0 unspecified atom stereocenters. The van der Waals surface area contributed by atoms with Crippen molar-refractivity contribution in [3.05, 3.63) is 57.7 Å². The van der Waals surface area contributed by atoms with Crippen LogP contribution in [0.1, 0.15) is 31.9 Å². The highest BCUT2D eigenvalue weighted by atomic mass is 127. The third kappa shape index (κ3) is 4.20.